The predicted molar refractivity (Wildman–Crippen MR) is 86.3 cm³/mol. The van der Waals surface area contributed by atoms with Gasteiger partial charge in [0.05, 0.1) is 21.6 Å². The van der Waals surface area contributed by atoms with E-state index in [1.165, 1.54) is 6.26 Å². The monoisotopic (exact) mass is 318 g/mol. The van der Waals surface area contributed by atoms with Crippen LogP contribution in [0.2, 0.25) is 0 Å². The fourth-order valence-corrected chi connectivity index (χ4v) is 3.62. The van der Waals surface area contributed by atoms with Gasteiger partial charge in [0.15, 0.2) is 14.6 Å². The van der Waals surface area contributed by atoms with Crippen LogP contribution in [0.1, 0.15) is 5.56 Å². The van der Waals surface area contributed by atoms with E-state index in [9.17, 15) is 8.42 Å². The van der Waals surface area contributed by atoms with E-state index in [0.717, 1.165) is 16.8 Å². The van der Waals surface area contributed by atoms with E-state index in [1.54, 1.807) is 12.1 Å². The molecule has 0 atom stereocenters. The van der Waals surface area contributed by atoms with Crippen molar-refractivity contribution < 1.29 is 8.42 Å². The Bertz CT molecular complexity index is 998. The molecule has 0 radical (unpaired) electrons. The zero-order valence-electron chi connectivity index (χ0n) is 11.6. The van der Waals surface area contributed by atoms with Crippen LogP contribution in [-0.2, 0) is 9.84 Å². The molecule has 0 aliphatic carbocycles. The standard InChI is InChI=1S/C15H14N2O2S2/c1-10-6-3-4-7-11(10)17-12-8-5-9-13(21(2,18)19)14(12)16-15(17)20/h3-9H,1-2H3,(H,16,20). The lowest BCUT2D eigenvalue weighted by atomic mass is 10.2. The van der Waals surface area contributed by atoms with Crippen LogP contribution in [0.15, 0.2) is 47.4 Å². The molecular formula is C15H14N2O2S2. The maximum absolute atomic E-state index is 11.9. The Labute approximate surface area is 128 Å². The Hall–Kier alpha value is -1.92. The molecule has 4 nitrogen and oxygen atoms in total. The van der Waals surface area contributed by atoms with Crippen LogP contribution in [0.4, 0.5) is 0 Å². The second-order valence-electron chi connectivity index (χ2n) is 4.97. The number of para-hydroxylation sites is 2. The summed E-state index contributed by atoms with van der Waals surface area (Å²) in [5.74, 6) is 0. The van der Waals surface area contributed by atoms with Crippen molar-refractivity contribution in [3.05, 3.63) is 52.8 Å². The van der Waals surface area contributed by atoms with Crippen LogP contribution in [0, 0.1) is 11.7 Å². The number of rotatable bonds is 2. The number of imidazole rings is 1. The van der Waals surface area contributed by atoms with Crippen molar-refractivity contribution >= 4 is 33.1 Å². The number of benzene rings is 2. The van der Waals surface area contributed by atoms with E-state index >= 15 is 0 Å². The highest BCUT2D eigenvalue weighted by Crippen LogP contribution is 2.26. The molecule has 0 unspecified atom stereocenters. The molecular weight excluding hydrogens is 304 g/mol. The van der Waals surface area contributed by atoms with Crippen molar-refractivity contribution in [2.24, 2.45) is 0 Å². The van der Waals surface area contributed by atoms with Gasteiger partial charge in [-0.15, -0.1) is 0 Å². The van der Waals surface area contributed by atoms with Crippen molar-refractivity contribution in [1.82, 2.24) is 9.55 Å². The van der Waals surface area contributed by atoms with Crippen molar-refractivity contribution in [2.45, 2.75) is 11.8 Å². The quantitative estimate of drug-likeness (QED) is 0.737. The van der Waals surface area contributed by atoms with Gasteiger partial charge in [-0.25, -0.2) is 8.42 Å². The number of hydrogen-bond donors (Lipinski definition) is 1. The normalized spacial score (nSPS) is 11.9. The third kappa shape index (κ3) is 2.30. The molecule has 1 N–H and O–H groups in total. The van der Waals surface area contributed by atoms with Gasteiger partial charge in [-0.05, 0) is 42.9 Å². The van der Waals surface area contributed by atoms with Gasteiger partial charge in [0.25, 0.3) is 0 Å². The highest BCUT2D eigenvalue weighted by atomic mass is 32.2. The number of hydrogen-bond acceptors (Lipinski definition) is 3. The SMILES string of the molecule is Cc1ccccc1-n1c(=S)[nH]c2c(S(C)(=O)=O)cccc21. The topological polar surface area (TPSA) is 54.9 Å². The van der Waals surface area contributed by atoms with Crippen LogP contribution >= 0.6 is 12.2 Å². The summed E-state index contributed by atoms with van der Waals surface area (Å²) in [4.78, 5) is 3.29. The molecule has 0 aliphatic rings. The van der Waals surface area contributed by atoms with E-state index < -0.39 is 9.84 Å². The van der Waals surface area contributed by atoms with Crippen molar-refractivity contribution in [2.75, 3.05) is 6.26 Å². The van der Waals surface area contributed by atoms with Gasteiger partial charge < -0.3 is 4.98 Å². The molecule has 108 valence electrons. The minimum Gasteiger partial charge on any atom is -0.329 e. The Balaban J connectivity index is 2.45. The smallest absolute Gasteiger partial charge is 0.182 e. The maximum Gasteiger partial charge on any atom is 0.182 e. The molecule has 0 amide bonds. The summed E-state index contributed by atoms with van der Waals surface area (Å²) in [6, 6.07) is 13.0. The fourth-order valence-electron chi connectivity index (χ4n) is 2.47. The van der Waals surface area contributed by atoms with Crippen molar-refractivity contribution in [3.63, 3.8) is 0 Å². The maximum atomic E-state index is 11.9. The molecule has 6 heteroatoms. The third-order valence-corrected chi connectivity index (χ3v) is 4.86. The molecule has 1 aromatic heterocycles. The molecule has 3 aromatic rings. The predicted octanol–water partition coefficient (Wildman–Crippen LogP) is 3.40. The molecule has 0 spiro atoms. The van der Waals surface area contributed by atoms with Crippen molar-refractivity contribution in [1.29, 1.82) is 0 Å². The minimum atomic E-state index is -3.32. The summed E-state index contributed by atoms with van der Waals surface area (Å²) >= 11 is 5.39. The molecule has 2 aromatic carbocycles. The van der Waals surface area contributed by atoms with E-state index in [4.69, 9.17) is 12.2 Å². The number of aromatic amines is 1. The van der Waals surface area contributed by atoms with Gasteiger partial charge in [0.2, 0.25) is 0 Å². The first kappa shape index (κ1) is 14.0. The number of aryl methyl sites for hydroxylation is 1. The Morgan fingerprint density at radius 3 is 2.48 bits per heavy atom. The van der Waals surface area contributed by atoms with Gasteiger partial charge in [-0.1, -0.05) is 24.3 Å². The second-order valence-corrected chi connectivity index (χ2v) is 7.35. The highest BCUT2D eigenvalue weighted by Gasteiger charge is 2.16. The van der Waals surface area contributed by atoms with E-state index in [1.807, 2.05) is 41.8 Å². The zero-order valence-corrected chi connectivity index (χ0v) is 13.3. The summed E-state index contributed by atoms with van der Waals surface area (Å²) in [6.45, 7) is 2.00. The summed E-state index contributed by atoms with van der Waals surface area (Å²) in [5, 5.41) is 0. The third-order valence-electron chi connectivity index (χ3n) is 3.44. The molecule has 21 heavy (non-hydrogen) atoms. The summed E-state index contributed by atoms with van der Waals surface area (Å²) in [5.41, 5.74) is 3.32. The van der Waals surface area contributed by atoms with Crippen LogP contribution in [0.3, 0.4) is 0 Å². The average Bonchev–Trinajstić information content (AvgIpc) is 2.74. The highest BCUT2D eigenvalue weighted by molar-refractivity contribution is 7.91. The lowest BCUT2D eigenvalue weighted by Crippen LogP contribution is -1.99. The Morgan fingerprint density at radius 1 is 1.10 bits per heavy atom. The van der Waals surface area contributed by atoms with Crippen LogP contribution < -0.4 is 0 Å². The number of nitrogens with one attached hydrogen (secondary N) is 1. The first-order valence-corrected chi connectivity index (χ1v) is 8.69. The molecule has 0 saturated carbocycles. The van der Waals surface area contributed by atoms with Crippen LogP contribution in [0.25, 0.3) is 16.7 Å². The fraction of sp³-hybridized carbons (Fsp3) is 0.133. The van der Waals surface area contributed by atoms with Gasteiger partial charge in [0, 0.05) is 6.26 Å². The van der Waals surface area contributed by atoms with E-state index in [2.05, 4.69) is 4.98 Å². The van der Waals surface area contributed by atoms with Gasteiger partial charge >= 0.3 is 0 Å². The Kier molecular flexibility index (Phi) is 3.22. The average molecular weight is 318 g/mol. The lowest BCUT2D eigenvalue weighted by molar-refractivity contribution is 0.602. The van der Waals surface area contributed by atoms with E-state index in [-0.39, 0.29) is 4.90 Å². The molecule has 0 saturated heterocycles. The minimum absolute atomic E-state index is 0.262. The lowest BCUT2D eigenvalue weighted by Gasteiger charge is -2.08. The molecule has 0 fully saturated rings. The van der Waals surface area contributed by atoms with Gasteiger partial charge in [-0.2, -0.15) is 0 Å². The summed E-state index contributed by atoms with van der Waals surface area (Å²) in [6.07, 6.45) is 1.20. The first-order valence-electron chi connectivity index (χ1n) is 6.39. The Morgan fingerprint density at radius 2 is 1.81 bits per heavy atom. The first-order chi connectivity index (χ1) is 9.89. The zero-order chi connectivity index (χ0) is 15.2. The number of H-pyrrole nitrogens is 1. The van der Waals surface area contributed by atoms with Gasteiger partial charge in [0.1, 0.15) is 0 Å². The van der Waals surface area contributed by atoms with Crippen LogP contribution in [-0.4, -0.2) is 24.2 Å². The van der Waals surface area contributed by atoms with Crippen molar-refractivity contribution in [3.8, 4) is 5.69 Å². The molecule has 3 rings (SSSR count). The van der Waals surface area contributed by atoms with Crippen LogP contribution in [0.5, 0.6) is 0 Å². The number of sulfone groups is 1. The number of aromatic nitrogens is 2. The van der Waals surface area contributed by atoms with Gasteiger partial charge in [-0.3, -0.25) is 4.57 Å². The molecule has 0 aliphatic heterocycles. The summed E-state index contributed by atoms with van der Waals surface area (Å²) in [7, 11) is -3.32. The number of fused-ring (bicyclic) bond motifs is 1. The second kappa shape index (κ2) is 4.82. The number of nitrogens with zero attached hydrogens (tertiary/aromatic N) is 1. The van der Waals surface area contributed by atoms with E-state index in [0.29, 0.717) is 10.3 Å². The molecule has 0 bridgehead atoms. The summed E-state index contributed by atoms with van der Waals surface area (Å²) < 4.78 is 26.2. The largest absolute Gasteiger partial charge is 0.329 e. The molecule has 1 heterocycles.